The first kappa shape index (κ1) is 16.3. The van der Waals surface area contributed by atoms with Gasteiger partial charge in [-0.25, -0.2) is 0 Å². The van der Waals surface area contributed by atoms with Crippen molar-refractivity contribution in [2.45, 2.75) is 51.7 Å². The molecule has 1 atom stereocenters. The van der Waals surface area contributed by atoms with Gasteiger partial charge in [0.05, 0.1) is 0 Å². The number of unbranched alkanes of at least 4 members (excludes halogenated alkanes) is 3. The quantitative estimate of drug-likeness (QED) is 0.649. The van der Waals surface area contributed by atoms with Crippen LogP contribution in [0.4, 0.5) is 0 Å². The molecule has 108 valence electrons. The van der Waals surface area contributed by atoms with Crippen LogP contribution >= 0.6 is 11.8 Å². The number of rotatable bonds is 9. The van der Waals surface area contributed by atoms with Gasteiger partial charge in [0.25, 0.3) is 0 Å². The highest BCUT2D eigenvalue weighted by molar-refractivity contribution is 7.99. The second-order valence-corrected chi connectivity index (χ2v) is 7.54. The number of nitrogens with one attached hydrogen (secondary N) is 1. The molecule has 0 aromatic heterocycles. The zero-order chi connectivity index (χ0) is 13.2. The predicted molar refractivity (Wildman–Crippen MR) is 84.5 cm³/mol. The van der Waals surface area contributed by atoms with E-state index in [9.17, 15) is 0 Å². The first-order valence-electron chi connectivity index (χ1n) is 7.73. The lowest BCUT2D eigenvalue weighted by Gasteiger charge is -2.30. The fourth-order valence-electron chi connectivity index (χ4n) is 2.42. The first-order chi connectivity index (χ1) is 8.68. The summed E-state index contributed by atoms with van der Waals surface area (Å²) in [6.45, 7) is 13.2. The third-order valence-corrected chi connectivity index (χ3v) is 4.59. The Kier molecular flexibility index (Phi) is 9.16. The summed E-state index contributed by atoms with van der Waals surface area (Å²) in [5.74, 6) is 2.12. The Morgan fingerprint density at radius 1 is 1.22 bits per heavy atom. The molecule has 0 saturated carbocycles. The van der Waals surface area contributed by atoms with Gasteiger partial charge in [-0.2, -0.15) is 11.8 Å². The summed E-state index contributed by atoms with van der Waals surface area (Å²) in [6, 6.07) is 0. The Labute approximate surface area is 118 Å². The molecule has 18 heavy (non-hydrogen) atoms. The molecule has 0 aliphatic carbocycles. The fourth-order valence-corrected chi connectivity index (χ4v) is 3.51. The first-order valence-corrected chi connectivity index (χ1v) is 8.78. The van der Waals surface area contributed by atoms with Crippen molar-refractivity contribution in [3.8, 4) is 0 Å². The summed E-state index contributed by atoms with van der Waals surface area (Å²) >= 11 is 2.13. The molecule has 1 N–H and O–H groups in total. The third kappa shape index (κ3) is 8.39. The molecule has 0 radical (unpaired) electrons. The van der Waals surface area contributed by atoms with Gasteiger partial charge < -0.3 is 10.2 Å². The molecule has 1 aliphatic rings. The van der Waals surface area contributed by atoms with Crippen LogP contribution in [0.25, 0.3) is 0 Å². The molecule has 0 aromatic carbocycles. The molecule has 1 aliphatic heterocycles. The molecule has 1 saturated heterocycles. The molecule has 0 amide bonds. The van der Waals surface area contributed by atoms with Gasteiger partial charge >= 0.3 is 0 Å². The molecule has 1 heterocycles. The van der Waals surface area contributed by atoms with E-state index in [2.05, 4.69) is 42.7 Å². The molecule has 0 aromatic rings. The van der Waals surface area contributed by atoms with E-state index >= 15 is 0 Å². The maximum absolute atomic E-state index is 3.52. The summed E-state index contributed by atoms with van der Waals surface area (Å²) in [5.41, 5.74) is 0. The van der Waals surface area contributed by atoms with E-state index in [4.69, 9.17) is 0 Å². The standard InChI is InChI=1S/C15H32N2S/c1-14(2)12-16-8-6-4-5-7-9-17-10-11-18-15(3)13-17/h14-16H,4-13H2,1-3H3. The lowest BCUT2D eigenvalue weighted by molar-refractivity contribution is 0.279. The van der Waals surface area contributed by atoms with Crippen molar-refractivity contribution in [1.29, 1.82) is 0 Å². The van der Waals surface area contributed by atoms with Crippen molar-refractivity contribution in [2.24, 2.45) is 5.92 Å². The maximum Gasteiger partial charge on any atom is 0.0147 e. The van der Waals surface area contributed by atoms with Crippen LogP contribution in [0.5, 0.6) is 0 Å². The molecular weight excluding hydrogens is 240 g/mol. The number of hydrogen-bond acceptors (Lipinski definition) is 3. The van der Waals surface area contributed by atoms with Crippen molar-refractivity contribution in [3.63, 3.8) is 0 Å². The lowest BCUT2D eigenvalue weighted by Crippen LogP contribution is -2.37. The van der Waals surface area contributed by atoms with Crippen LogP contribution in [0.15, 0.2) is 0 Å². The van der Waals surface area contributed by atoms with Gasteiger partial charge in [0.15, 0.2) is 0 Å². The van der Waals surface area contributed by atoms with Gasteiger partial charge in [-0.15, -0.1) is 0 Å². The Morgan fingerprint density at radius 3 is 2.72 bits per heavy atom. The van der Waals surface area contributed by atoms with Crippen molar-refractivity contribution in [2.75, 3.05) is 38.5 Å². The number of nitrogens with zero attached hydrogens (tertiary/aromatic N) is 1. The van der Waals surface area contributed by atoms with Crippen LogP contribution in [0, 0.1) is 5.92 Å². The van der Waals surface area contributed by atoms with Gasteiger partial charge in [-0.05, 0) is 38.4 Å². The normalized spacial score (nSPS) is 21.7. The van der Waals surface area contributed by atoms with Crippen molar-refractivity contribution in [3.05, 3.63) is 0 Å². The highest BCUT2D eigenvalue weighted by Crippen LogP contribution is 2.18. The summed E-state index contributed by atoms with van der Waals surface area (Å²) in [7, 11) is 0. The fraction of sp³-hybridized carbons (Fsp3) is 1.00. The predicted octanol–water partition coefficient (Wildman–Crippen LogP) is 3.23. The minimum atomic E-state index is 0.781. The Bertz CT molecular complexity index is 197. The molecule has 2 nitrogen and oxygen atoms in total. The van der Waals surface area contributed by atoms with Crippen molar-refractivity contribution >= 4 is 11.8 Å². The van der Waals surface area contributed by atoms with Gasteiger partial charge in [-0.1, -0.05) is 33.6 Å². The lowest BCUT2D eigenvalue weighted by atomic mass is 10.1. The van der Waals surface area contributed by atoms with Crippen molar-refractivity contribution in [1.82, 2.24) is 10.2 Å². The number of hydrogen-bond donors (Lipinski definition) is 1. The van der Waals surface area contributed by atoms with E-state index < -0.39 is 0 Å². The maximum atomic E-state index is 3.52. The summed E-state index contributed by atoms with van der Waals surface area (Å²) in [5, 5.41) is 4.36. The van der Waals surface area contributed by atoms with Gasteiger partial charge in [0.2, 0.25) is 0 Å². The van der Waals surface area contributed by atoms with Crippen LogP contribution in [-0.2, 0) is 0 Å². The van der Waals surface area contributed by atoms with E-state index in [1.54, 1.807) is 0 Å². The average molecular weight is 273 g/mol. The second-order valence-electron chi connectivity index (χ2n) is 5.99. The monoisotopic (exact) mass is 272 g/mol. The molecule has 1 unspecified atom stereocenters. The minimum Gasteiger partial charge on any atom is -0.316 e. The van der Waals surface area contributed by atoms with E-state index in [0.29, 0.717) is 0 Å². The zero-order valence-corrected chi connectivity index (χ0v) is 13.4. The van der Waals surface area contributed by atoms with Gasteiger partial charge in [0.1, 0.15) is 0 Å². The van der Waals surface area contributed by atoms with Crippen LogP contribution in [0.1, 0.15) is 46.5 Å². The molecule has 0 bridgehead atoms. The smallest absolute Gasteiger partial charge is 0.0147 e. The molecular formula is C15H32N2S. The SMILES string of the molecule is CC(C)CNCCCCCCN1CCSC(C)C1. The summed E-state index contributed by atoms with van der Waals surface area (Å²) in [4.78, 5) is 2.65. The van der Waals surface area contributed by atoms with E-state index in [1.165, 1.54) is 64.2 Å². The highest BCUT2D eigenvalue weighted by Gasteiger charge is 2.15. The Morgan fingerprint density at radius 2 is 2.00 bits per heavy atom. The summed E-state index contributed by atoms with van der Waals surface area (Å²) < 4.78 is 0. The van der Waals surface area contributed by atoms with Crippen LogP contribution in [0.3, 0.4) is 0 Å². The topological polar surface area (TPSA) is 15.3 Å². The molecule has 1 rings (SSSR count). The van der Waals surface area contributed by atoms with Crippen LogP contribution in [0.2, 0.25) is 0 Å². The van der Waals surface area contributed by atoms with Crippen LogP contribution < -0.4 is 5.32 Å². The largest absolute Gasteiger partial charge is 0.316 e. The van der Waals surface area contributed by atoms with E-state index in [1.807, 2.05) is 0 Å². The molecule has 3 heteroatoms. The van der Waals surface area contributed by atoms with Gasteiger partial charge in [-0.3, -0.25) is 0 Å². The van der Waals surface area contributed by atoms with Crippen molar-refractivity contribution < 1.29 is 0 Å². The van der Waals surface area contributed by atoms with E-state index in [-0.39, 0.29) is 0 Å². The Balaban J connectivity index is 1.83. The van der Waals surface area contributed by atoms with E-state index in [0.717, 1.165) is 11.2 Å². The molecule has 0 spiro atoms. The minimum absolute atomic E-state index is 0.781. The number of thioether (sulfide) groups is 1. The molecule has 1 fully saturated rings. The third-order valence-electron chi connectivity index (χ3n) is 3.46. The highest BCUT2D eigenvalue weighted by atomic mass is 32.2. The zero-order valence-electron chi connectivity index (χ0n) is 12.6. The Hall–Kier alpha value is 0.270. The summed E-state index contributed by atoms with van der Waals surface area (Å²) in [6.07, 6.45) is 5.53. The average Bonchev–Trinajstić information content (AvgIpc) is 2.32. The van der Waals surface area contributed by atoms with Crippen LogP contribution in [-0.4, -0.2) is 48.6 Å². The van der Waals surface area contributed by atoms with Gasteiger partial charge in [0, 0.05) is 24.1 Å². The second kappa shape index (κ2) is 10.1.